The van der Waals surface area contributed by atoms with Gasteiger partial charge in [-0.15, -0.1) is 29.8 Å². The van der Waals surface area contributed by atoms with E-state index in [-0.39, 0.29) is 37.6 Å². The van der Waals surface area contributed by atoms with Gasteiger partial charge in [-0.05, 0) is 70.0 Å². The number of benzene rings is 7. The summed E-state index contributed by atoms with van der Waals surface area (Å²) in [6, 6.07) is 49.6. The van der Waals surface area contributed by atoms with Crippen LogP contribution >= 0.6 is 0 Å². The van der Waals surface area contributed by atoms with E-state index in [1.165, 1.54) is 11.1 Å². The Hall–Kier alpha value is -6.36. The fourth-order valence-corrected chi connectivity index (χ4v) is 8.28. The zero-order chi connectivity index (χ0) is 40.6. The van der Waals surface area contributed by atoms with Crippen molar-refractivity contribution < 1.29 is 30.6 Å². The smallest absolute Gasteiger partial charge is 0.147 e. The zero-order valence-electron chi connectivity index (χ0n) is 34.3. The summed E-state index contributed by atoms with van der Waals surface area (Å²) in [4.78, 5) is 15.1. The van der Waals surface area contributed by atoms with Crippen molar-refractivity contribution in [1.29, 1.82) is 0 Å². The van der Waals surface area contributed by atoms with E-state index in [4.69, 9.17) is 19.4 Å². The van der Waals surface area contributed by atoms with Crippen LogP contribution in [0.5, 0.6) is 5.75 Å². The molecule has 7 aromatic carbocycles. The van der Waals surface area contributed by atoms with Crippen molar-refractivity contribution in [2.24, 2.45) is 0 Å². The van der Waals surface area contributed by atoms with Crippen LogP contribution in [0.25, 0.3) is 94.5 Å². The Morgan fingerprint density at radius 1 is 0.600 bits per heavy atom. The predicted octanol–water partition coefficient (Wildman–Crippen LogP) is 13.6. The van der Waals surface area contributed by atoms with Crippen LogP contribution in [0.3, 0.4) is 0 Å². The molecule has 0 spiro atoms. The first-order valence-electron chi connectivity index (χ1n) is 20.1. The van der Waals surface area contributed by atoms with Gasteiger partial charge in [0.1, 0.15) is 16.9 Å². The average molecular weight is 963 g/mol. The van der Waals surface area contributed by atoms with E-state index in [2.05, 4.69) is 143 Å². The van der Waals surface area contributed by atoms with Crippen LogP contribution in [0, 0.1) is 6.07 Å². The number of aromatic nitrogens is 4. The van der Waals surface area contributed by atoms with Crippen molar-refractivity contribution in [3.8, 4) is 56.2 Å². The van der Waals surface area contributed by atoms with Crippen molar-refractivity contribution in [3.63, 3.8) is 0 Å². The number of phenolic OH excluding ortho intramolecular Hbond substituents is 1. The van der Waals surface area contributed by atoms with Gasteiger partial charge in [-0.25, -0.2) is 0 Å². The standard InChI is InChI=1S/C53H43N4O2.Pt/c1-52(2,3)35-22-24-43(40(29-35)32-14-8-7-9-15-32)57-44-20-13-19-39(47-45(58)25-23-38-37-18-10-11-21-46(37)59-50(38)47)49(44)56-51(57)34-17-12-16-33(28-34)41-30-36(53(4,5)6)31-42-48(41)55-27-26-54-42;/h7-27,29-31,58H,1-6H3;/q-1;. The number of nitrogens with zero attached hydrogens (tertiary/aromatic N) is 4. The van der Waals surface area contributed by atoms with Crippen molar-refractivity contribution in [2.45, 2.75) is 52.4 Å². The molecule has 10 rings (SSSR count). The summed E-state index contributed by atoms with van der Waals surface area (Å²) in [5, 5.41) is 13.6. The van der Waals surface area contributed by atoms with Crippen molar-refractivity contribution in [1.82, 2.24) is 19.5 Å². The Labute approximate surface area is 363 Å². The van der Waals surface area contributed by atoms with Gasteiger partial charge < -0.3 is 14.1 Å². The first-order valence-corrected chi connectivity index (χ1v) is 20.1. The van der Waals surface area contributed by atoms with Crippen LogP contribution in [0.2, 0.25) is 0 Å². The third-order valence-corrected chi connectivity index (χ3v) is 11.4. The molecule has 60 heavy (non-hydrogen) atoms. The number of para-hydroxylation sites is 2. The number of imidazole rings is 1. The summed E-state index contributed by atoms with van der Waals surface area (Å²) >= 11 is 0. The molecule has 0 aliphatic carbocycles. The van der Waals surface area contributed by atoms with Crippen molar-refractivity contribution in [3.05, 3.63) is 163 Å². The summed E-state index contributed by atoms with van der Waals surface area (Å²) < 4.78 is 8.77. The first kappa shape index (κ1) is 39.1. The number of rotatable bonds is 5. The molecule has 0 bridgehead atoms. The normalized spacial score (nSPS) is 12.1. The monoisotopic (exact) mass is 962 g/mol. The minimum absolute atomic E-state index is 0. The van der Waals surface area contributed by atoms with Gasteiger partial charge in [0.05, 0.1) is 33.5 Å². The molecule has 0 aliphatic heterocycles. The molecule has 0 unspecified atom stereocenters. The van der Waals surface area contributed by atoms with E-state index in [0.29, 0.717) is 17.0 Å². The average Bonchev–Trinajstić information content (AvgIpc) is 3.82. The fraction of sp³-hybridized carbons (Fsp3) is 0.151. The minimum atomic E-state index is -0.107. The van der Waals surface area contributed by atoms with Gasteiger partial charge in [0.2, 0.25) is 0 Å². The van der Waals surface area contributed by atoms with Gasteiger partial charge in [0.15, 0.2) is 0 Å². The van der Waals surface area contributed by atoms with Gasteiger partial charge in [0.25, 0.3) is 0 Å². The summed E-state index contributed by atoms with van der Waals surface area (Å²) in [7, 11) is 0. The van der Waals surface area contributed by atoms with E-state index in [9.17, 15) is 5.11 Å². The summed E-state index contributed by atoms with van der Waals surface area (Å²) in [5.74, 6) is 0.841. The van der Waals surface area contributed by atoms with Gasteiger partial charge >= 0.3 is 0 Å². The number of hydrogen-bond donors (Lipinski definition) is 1. The maximum atomic E-state index is 11.7. The topological polar surface area (TPSA) is 77.0 Å². The molecule has 0 amide bonds. The summed E-state index contributed by atoms with van der Waals surface area (Å²) in [6.45, 7) is 13.4. The molecule has 3 heterocycles. The molecule has 3 aromatic heterocycles. The van der Waals surface area contributed by atoms with E-state index in [1.54, 1.807) is 18.5 Å². The van der Waals surface area contributed by atoms with Crippen molar-refractivity contribution in [2.75, 3.05) is 0 Å². The largest absolute Gasteiger partial charge is 0.507 e. The predicted molar refractivity (Wildman–Crippen MR) is 241 cm³/mol. The Balaban J connectivity index is 0.00000462. The fourth-order valence-electron chi connectivity index (χ4n) is 8.28. The second-order valence-corrected chi connectivity index (χ2v) is 17.4. The molecule has 0 saturated carbocycles. The van der Waals surface area contributed by atoms with Crippen molar-refractivity contribution >= 4 is 44.0 Å². The number of furan rings is 1. The third kappa shape index (κ3) is 6.60. The second kappa shape index (κ2) is 14.7. The molecule has 0 fully saturated rings. The van der Waals surface area contributed by atoms with E-state index < -0.39 is 0 Å². The Morgan fingerprint density at radius 3 is 2.12 bits per heavy atom. The van der Waals surface area contributed by atoms with Crippen LogP contribution in [-0.4, -0.2) is 24.6 Å². The van der Waals surface area contributed by atoms with Crippen LogP contribution in [0.15, 0.2) is 150 Å². The molecule has 0 saturated heterocycles. The van der Waals surface area contributed by atoms with Crippen LogP contribution in [0.1, 0.15) is 52.7 Å². The van der Waals surface area contributed by atoms with E-state index in [1.807, 2.05) is 36.4 Å². The Kier molecular flexibility index (Phi) is 9.60. The quantitative estimate of drug-likeness (QED) is 0.174. The van der Waals surface area contributed by atoms with Gasteiger partial charge in [-0.1, -0.05) is 125 Å². The molecule has 0 atom stereocenters. The molecule has 6 nitrogen and oxygen atoms in total. The van der Waals surface area contributed by atoms with Crippen LogP contribution in [-0.2, 0) is 31.9 Å². The number of fused-ring (bicyclic) bond motifs is 5. The first-order chi connectivity index (χ1) is 28.4. The maximum absolute atomic E-state index is 11.7. The van der Waals surface area contributed by atoms with Gasteiger partial charge in [-0.3, -0.25) is 15.0 Å². The molecule has 0 radical (unpaired) electrons. The Morgan fingerprint density at radius 2 is 1.32 bits per heavy atom. The molecule has 7 heteroatoms. The molecule has 298 valence electrons. The second-order valence-electron chi connectivity index (χ2n) is 17.4. The van der Waals surface area contributed by atoms with Crippen LogP contribution in [0.4, 0.5) is 0 Å². The third-order valence-electron chi connectivity index (χ3n) is 11.4. The number of phenols is 1. The van der Waals surface area contributed by atoms with E-state index >= 15 is 0 Å². The van der Waals surface area contributed by atoms with Crippen LogP contribution < -0.4 is 0 Å². The molecule has 10 aromatic rings. The van der Waals surface area contributed by atoms with Gasteiger partial charge in [-0.2, -0.15) is 0 Å². The summed E-state index contributed by atoms with van der Waals surface area (Å²) in [5.41, 5.74) is 14.1. The van der Waals surface area contributed by atoms with Gasteiger partial charge in [0, 0.05) is 61.0 Å². The minimum Gasteiger partial charge on any atom is -0.507 e. The molecular weight excluding hydrogens is 920 g/mol. The number of hydrogen-bond acceptors (Lipinski definition) is 5. The number of aromatic hydroxyl groups is 1. The molecule has 0 aliphatic rings. The summed E-state index contributed by atoms with van der Waals surface area (Å²) in [6.07, 6.45) is 3.50. The molecular formula is C53H43N4O2Pt-. The maximum Gasteiger partial charge on any atom is 0.147 e. The molecule has 1 N–H and O–H groups in total. The van der Waals surface area contributed by atoms with E-state index in [0.717, 1.165) is 77.5 Å². The zero-order valence-corrected chi connectivity index (χ0v) is 36.6. The Bertz CT molecular complexity index is 3260. The SMILES string of the molecule is CC(C)(C)c1ccc(-n2c(-c3[c-]c(-c4cc(C(C)(C)C)cc5nccnc45)ccc3)nc3c(-c4c(O)ccc5c4oc4ccccc45)cccc32)c(-c2ccccc2)c1.[Pt].